The van der Waals surface area contributed by atoms with E-state index >= 15 is 0 Å². The number of hydrogen-bond donors (Lipinski definition) is 1. The molecule has 4 rings (SSSR count). The standard InChI is InChI=1S/C17H12N2O4S2/c1-9-18-15-14(11(8-25-15)13-3-2-6-24-13)16(20)19(9)7-10-4-5-12(23-10)17(21)22/h2-6,8H,7H2,1H3,(H,21,22). The van der Waals surface area contributed by atoms with Gasteiger partial charge in [0.15, 0.2) is 0 Å². The number of furan rings is 1. The van der Waals surface area contributed by atoms with E-state index in [0.29, 0.717) is 21.8 Å². The van der Waals surface area contributed by atoms with Crippen LogP contribution in [-0.4, -0.2) is 20.6 Å². The number of aryl methyl sites for hydroxylation is 1. The normalized spacial score (nSPS) is 11.2. The number of rotatable bonds is 4. The van der Waals surface area contributed by atoms with Gasteiger partial charge in [0.25, 0.3) is 5.56 Å². The van der Waals surface area contributed by atoms with Crippen molar-refractivity contribution in [3.63, 3.8) is 0 Å². The maximum Gasteiger partial charge on any atom is 0.371 e. The van der Waals surface area contributed by atoms with E-state index in [4.69, 9.17) is 9.52 Å². The summed E-state index contributed by atoms with van der Waals surface area (Å²) in [5, 5.41) is 13.5. The molecule has 0 bridgehead atoms. The van der Waals surface area contributed by atoms with Crippen molar-refractivity contribution in [1.29, 1.82) is 0 Å². The maximum atomic E-state index is 13.0. The molecule has 6 nitrogen and oxygen atoms in total. The van der Waals surface area contributed by atoms with Gasteiger partial charge in [0.2, 0.25) is 5.76 Å². The molecule has 0 unspecified atom stereocenters. The summed E-state index contributed by atoms with van der Waals surface area (Å²) in [6.07, 6.45) is 0. The van der Waals surface area contributed by atoms with Crippen molar-refractivity contribution in [3.8, 4) is 10.4 Å². The Kier molecular flexibility index (Phi) is 3.78. The average molecular weight is 372 g/mol. The van der Waals surface area contributed by atoms with Gasteiger partial charge in [0.05, 0.1) is 11.9 Å². The first-order chi connectivity index (χ1) is 12.0. The predicted octanol–water partition coefficient (Wildman–Crippen LogP) is 3.83. The highest BCUT2D eigenvalue weighted by Crippen LogP contribution is 2.33. The van der Waals surface area contributed by atoms with Crippen LogP contribution in [0.4, 0.5) is 0 Å². The molecule has 0 aliphatic heterocycles. The van der Waals surface area contributed by atoms with E-state index in [0.717, 1.165) is 10.4 Å². The number of carbonyl (C=O) groups is 1. The van der Waals surface area contributed by atoms with Crippen molar-refractivity contribution in [2.24, 2.45) is 0 Å². The van der Waals surface area contributed by atoms with Gasteiger partial charge in [-0.3, -0.25) is 9.36 Å². The first kappa shape index (κ1) is 15.8. The van der Waals surface area contributed by atoms with Gasteiger partial charge in [0, 0.05) is 15.8 Å². The molecular weight excluding hydrogens is 360 g/mol. The van der Waals surface area contributed by atoms with Crippen molar-refractivity contribution in [2.75, 3.05) is 0 Å². The number of fused-ring (bicyclic) bond motifs is 1. The molecule has 0 saturated heterocycles. The summed E-state index contributed by atoms with van der Waals surface area (Å²) in [5.74, 6) is -0.326. The second-order valence-corrected chi connectivity index (χ2v) is 7.23. The van der Waals surface area contributed by atoms with Crippen LogP contribution in [0.2, 0.25) is 0 Å². The Balaban J connectivity index is 1.84. The summed E-state index contributed by atoms with van der Waals surface area (Å²) in [6, 6.07) is 6.86. The minimum atomic E-state index is -1.14. The molecule has 0 fully saturated rings. The van der Waals surface area contributed by atoms with Crippen molar-refractivity contribution >= 4 is 38.9 Å². The number of carboxylic acid groups (broad SMARTS) is 1. The number of aromatic nitrogens is 2. The van der Waals surface area contributed by atoms with Crippen LogP contribution in [0.25, 0.3) is 20.7 Å². The Bertz CT molecular complexity index is 1140. The minimum absolute atomic E-state index is 0.139. The van der Waals surface area contributed by atoms with Crippen LogP contribution in [0.5, 0.6) is 0 Å². The zero-order valence-corrected chi connectivity index (χ0v) is 14.7. The number of nitrogens with zero attached hydrogens (tertiary/aromatic N) is 2. The lowest BCUT2D eigenvalue weighted by molar-refractivity contribution is 0.0660. The van der Waals surface area contributed by atoms with Gasteiger partial charge in [-0.05, 0) is 30.5 Å². The fraction of sp³-hybridized carbons (Fsp3) is 0.118. The largest absolute Gasteiger partial charge is 0.475 e. The van der Waals surface area contributed by atoms with Gasteiger partial charge in [0.1, 0.15) is 16.4 Å². The zero-order valence-electron chi connectivity index (χ0n) is 13.1. The van der Waals surface area contributed by atoms with E-state index in [1.54, 1.807) is 24.3 Å². The van der Waals surface area contributed by atoms with Gasteiger partial charge in [-0.2, -0.15) is 0 Å². The van der Waals surface area contributed by atoms with E-state index in [1.165, 1.54) is 22.0 Å². The monoisotopic (exact) mass is 372 g/mol. The molecule has 4 heterocycles. The third-order valence-corrected chi connectivity index (χ3v) is 5.63. The fourth-order valence-corrected chi connectivity index (χ4v) is 4.46. The summed E-state index contributed by atoms with van der Waals surface area (Å²) in [7, 11) is 0. The highest BCUT2D eigenvalue weighted by Gasteiger charge is 2.17. The van der Waals surface area contributed by atoms with E-state index in [-0.39, 0.29) is 17.9 Å². The minimum Gasteiger partial charge on any atom is -0.475 e. The summed E-state index contributed by atoms with van der Waals surface area (Å²) >= 11 is 3.02. The Labute approximate surface area is 149 Å². The van der Waals surface area contributed by atoms with Crippen LogP contribution in [0.15, 0.2) is 44.2 Å². The number of carboxylic acids is 1. The third kappa shape index (κ3) is 2.69. The van der Waals surface area contributed by atoms with E-state index < -0.39 is 5.97 Å². The molecule has 4 aromatic heterocycles. The molecule has 0 aliphatic carbocycles. The van der Waals surface area contributed by atoms with Crippen LogP contribution in [-0.2, 0) is 6.54 Å². The van der Waals surface area contributed by atoms with Gasteiger partial charge in [-0.1, -0.05) is 6.07 Å². The smallest absolute Gasteiger partial charge is 0.371 e. The second kappa shape index (κ2) is 5.98. The third-order valence-electron chi connectivity index (χ3n) is 3.86. The van der Waals surface area contributed by atoms with Gasteiger partial charge >= 0.3 is 5.97 Å². The highest BCUT2D eigenvalue weighted by molar-refractivity contribution is 7.18. The maximum absolute atomic E-state index is 13.0. The molecule has 0 radical (unpaired) electrons. The Morgan fingerprint density at radius 2 is 2.16 bits per heavy atom. The SMILES string of the molecule is Cc1nc2scc(-c3cccs3)c2c(=O)n1Cc1ccc(C(=O)O)o1. The molecular formula is C17H12N2O4S2. The van der Waals surface area contributed by atoms with Gasteiger partial charge < -0.3 is 9.52 Å². The number of hydrogen-bond acceptors (Lipinski definition) is 6. The van der Waals surface area contributed by atoms with Crippen molar-refractivity contribution in [2.45, 2.75) is 13.5 Å². The molecule has 4 aromatic rings. The number of aromatic carboxylic acids is 1. The lowest BCUT2D eigenvalue weighted by atomic mass is 10.2. The van der Waals surface area contributed by atoms with Crippen molar-refractivity contribution in [3.05, 3.63) is 62.7 Å². The van der Waals surface area contributed by atoms with E-state index in [9.17, 15) is 9.59 Å². The molecule has 0 atom stereocenters. The van der Waals surface area contributed by atoms with Crippen molar-refractivity contribution in [1.82, 2.24) is 9.55 Å². The summed E-state index contributed by atoms with van der Waals surface area (Å²) in [4.78, 5) is 30.2. The van der Waals surface area contributed by atoms with Crippen LogP contribution in [0.1, 0.15) is 22.1 Å². The van der Waals surface area contributed by atoms with Crippen LogP contribution in [0, 0.1) is 6.92 Å². The molecule has 25 heavy (non-hydrogen) atoms. The second-order valence-electron chi connectivity index (χ2n) is 5.43. The molecule has 0 spiro atoms. The number of thiophene rings is 2. The molecule has 0 aliphatic rings. The Morgan fingerprint density at radius 1 is 1.32 bits per heavy atom. The lowest BCUT2D eigenvalue weighted by Gasteiger charge is -2.08. The topological polar surface area (TPSA) is 85.3 Å². The fourth-order valence-electron chi connectivity index (χ4n) is 2.66. The summed E-state index contributed by atoms with van der Waals surface area (Å²) < 4.78 is 6.78. The first-order valence-electron chi connectivity index (χ1n) is 7.39. The van der Waals surface area contributed by atoms with Crippen molar-refractivity contribution < 1.29 is 14.3 Å². The summed E-state index contributed by atoms with van der Waals surface area (Å²) in [5.41, 5.74) is 0.729. The Hall–Kier alpha value is -2.71. The van der Waals surface area contributed by atoms with Gasteiger partial charge in [-0.25, -0.2) is 9.78 Å². The summed E-state index contributed by atoms with van der Waals surface area (Å²) in [6.45, 7) is 1.90. The molecule has 8 heteroatoms. The van der Waals surface area contributed by atoms with Crippen LogP contribution < -0.4 is 5.56 Å². The predicted molar refractivity (Wildman–Crippen MR) is 96.7 cm³/mol. The van der Waals surface area contributed by atoms with E-state index in [1.807, 2.05) is 22.9 Å². The average Bonchev–Trinajstić information content (AvgIpc) is 3.30. The molecule has 1 N–H and O–H groups in total. The van der Waals surface area contributed by atoms with Gasteiger partial charge in [-0.15, -0.1) is 22.7 Å². The molecule has 0 saturated carbocycles. The molecule has 126 valence electrons. The quantitative estimate of drug-likeness (QED) is 0.588. The highest BCUT2D eigenvalue weighted by atomic mass is 32.1. The lowest BCUT2D eigenvalue weighted by Crippen LogP contribution is -2.24. The Morgan fingerprint density at radius 3 is 2.84 bits per heavy atom. The first-order valence-corrected chi connectivity index (χ1v) is 9.15. The molecule has 0 amide bonds. The zero-order chi connectivity index (χ0) is 17.6. The van der Waals surface area contributed by atoms with E-state index in [2.05, 4.69) is 4.98 Å². The molecule has 0 aromatic carbocycles. The van der Waals surface area contributed by atoms with Crippen LogP contribution in [0.3, 0.4) is 0 Å². The van der Waals surface area contributed by atoms with Crippen LogP contribution >= 0.6 is 22.7 Å².